The van der Waals surface area contributed by atoms with Crippen molar-refractivity contribution in [1.29, 1.82) is 0 Å². The first kappa shape index (κ1) is 22.5. The molecular formula is C26H34N4O2. The SMILES string of the molecule is CC(=O)[C@H](c1ccccc1)N1CCN(C(=O)CCCCc2ccc3c(n2)NCCC3)CC1. The van der Waals surface area contributed by atoms with Crippen LogP contribution in [0.25, 0.3) is 0 Å². The summed E-state index contributed by atoms with van der Waals surface area (Å²) in [6.45, 7) is 5.50. The summed E-state index contributed by atoms with van der Waals surface area (Å²) in [5, 5.41) is 3.39. The van der Waals surface area contributed by atoms with Crippen molar-refractivity contribution in [2.75, 3.05) is 38.0 Å². The van der Waals surface area contributed by atoms with Gasteiger partial charge in [-0.2, -0.15) is 0 Å². The fourth-order valence-electron chi connectivity index (χ4n) is 4.82. The van der Waals surface area contributed by atoms with Crippen LogP contribution in [-0.4, -0.2) is 59.2 Å². The van der Waals surface area contributed by atoms with E-state index in [4.69, 9.17) is 4.98 Å². The zero-order valence-corrected chi connectivity index (χ0v) is 19.1. The second kappa shape index (κ2) is 10.7. The molecule has 32 heavy (non-hydrogen) atoms. The molecule has 0 radical (unpaired) electrons. The summed E-state index contributed by atoms with van der Waals surface area (Å²) in [5.41, 5.74) is 3.45. The number of unbranched alkanes of at least 4 members (excludes halogenated alkanes) is 1. The summed E-state index contributed by atoms with van der Waals surface area (Å²) in [6.07, 6.45) is 5.62. The number of fused-ring (bicyclic) bond motifs is 1. The maximum atomic E-state index is 12.7. The molecule has 2 aliphatic rings. The summed E-state index contributed by atoms with van der Waals surface area (Å²) in [5.74, 6) is 1.42. The van der Waals surface area contributed by atoms with Gasteiger partial charge < -0.3 is 10.2 Å². The molecule has 1 aromatic carbocycles. The number of hydrogen-bond acceptors (Lipinski definition) is 5. The van der Waals surface area contributed by atoms with Gasteiger partial charge in [0.2, 0.25) is 5.91 Å². The van der Waals surface area contributed by atoms with Gasteiger partial charge in [0.1, 0.15) is 5.82 Å². The van der Waals surface area contributed by atoms with Crippen LogP contribution in [0.3, 0.4) is 0 Å². The van der Waals surface area contributed by atoms with E-state index in [1.54, 1.807) is 6.92 Å². The molecule has 0 spiro atoms. The van der Waals surface area contributed by atoms with Gasteiger partial charge in [-0.25, -0.2) is 4.98 Å². The number of piperazine rings is 1. The number of benzene rings is 1. The standard InChI is InChI=1S/C26H34N4O2/c1-20(31)25(21-8-3-2-4-9-21)30-18-16-29(17-19-30)24(32)12-6-5-11-23-14-13-22-10-7-15-27-26(22)28-23/h2-4,8-9,13-14,25H,5-7,10-12,15-19H2,1H3,(H,27,28)/t25-/m1/s1. The van der Waals surface area contributed by atoms with Crippen molar-refractivity contribution in [2.24, 2.45) is 0 Å². The van der Waals surface area contributed by atoms with Gasteiger partial charge in [0.05, 0.1) is 6.04 Å². The van der Waals surface area contributed by atoms with Gasteiger partial charge >= 0.3 is 0 Å². The molecule has 0 bridgehead atoms. The molecule has 170 valence electrons. The first-order valence-electron chi connectivity index (χ1n) is 11.9. The molecule has 4 rings (SSSR count). The van der Waals surface area contributed by atoms with Crippen LogP contribution in [0.5, 0.6) is 0 Å². The van der Waals surface area contributed by atoms with Gasteiger partial charge in [-0.05, 0) is 56.2 Å². The average molecular weight is 435 g/mol. The van der Waals surface area contributed by atoms with Crippen LogP contribution in [-0.2, 0) is 22.4 Å². The lowest BCUT2D eigenvalue weighted by Crippen LogP contribution is -2.50. The molecule has 0 saturated carbocycles. The normalized spacial score (nSPS) is 17.3. The number of Topliss-reactive ketones (excluding diaryl/α,β-unsaturated/α-hetero) is 1. The van der Waals surface area contributed by atoms with Crippen LogP contribution in [0.4, 0.5) is 5.82 Å². The highest BCUT2D eigenvalue weighted by Gasteiger charge is 2.29. The minimum atomic E-state index is -0.216. The predicted octanol–water partition coefficient (Wildman–Crippen LogP) is 3.63. The maximum Gasteiger partial charge on any atom is 0.222 e. The van der Waals surface area contributed by atoms with Crippen molar-refractivity contribution >= 4 is 17.5 Å². The maximum absolute atomic E-state index is 12.7. The van der Waals surface area contributed by atoms with Crippen molar-refractivity contribution < 1.29 is 9.59 Å². The Hall–Kier alpha value is -2.73. The molecule has 1 fully saturated rings. The highest BCUT2D eigenvalue weighted by molar-refractivity contribution is 5.83. The van der Waals surface area contributed by atoms with E-state index in [0.717, 1.165) is 62.4 Å². The molecule has 2 aromatic rings. The Kier molecular flexibility index (Phi) is 7.53. The first-order valence-corrected chi connectivity index (χ1v) is 11.9. The molecule has 6 nitrogen and oxygen atoms in total. The number of nitrogens with zero attached hydrogens (tertiary/aromatic N) is 3. The average Bonchev–Trinajstić information content (AvgIpc) is 2.82. The van der Waals surface area contributed by atoms with Crippen LogP contribution < -0.4 is 5.32 Å². The molecule has 1 amide bonds. The van der Waals surface area contributed by atoms with Crippen molar-refractivity contribution in [3.63, 3.8) is 0 Å². The number of pyridine rings is 1. The molecule has 1 atom stereocenters. The van der Waals surface area contributed by atoms with Crippen LogP contribution >= 0.6 is 0 Å². The molecule has 0 unspecified atom stereocenters. The Bertz CT molecular complexity index is 923. The molecule has 2 aliphatic heterocycles. The van der Waals surface area contributed by atoms with Crippen molar-refractivity contribution in [3.05, 3.63) is 59.3 Å². The molecule has 1 saturated heterocycles. The van der Waals surface area contributed by atoms with E-state index in [1.807, 2.05) is 35.2 Å². The molecular weight excluding hydrogens is 400 g/mol. The van der Waals surface area contributed by atoms with Crippen LogP contribution in [0.15, 0.2) is 42.5 Å². The lowest BCUT2D eigenvalue weighted by atomic mass is 10.0. The second-order valence-electron chi connectivity index (χ2n) is 8.89. The Morgan fingerprint density at radius 1 is 1.03 bits per heavy atom. The summed E-state index contributed by atoms with van der Waals surface area (Å²) < 4.78 is 0. The van der Waals surface area contributed by atoms with E-state index >= 15 is 0 Å². The lowest BCUT2D eigenvalue weighted by Gasteiger charge is -2.38. The third-order valence-electron chi connectivity index (χ3n) is 6.56. The number of carbonyl (C=O) groups is 2. The Morgan fingerprint density at radius 2 is 1.81 bits per heavy atom. The molecule has 1 aromatic heterocycles. The van der Waals surface area contributed by atoms with E-state index in [1.165, 1.54) is 12.0 Å². The topological polar surface area (TPSA) is 65.5 Å². The smallest absolute Gasteiger partial charge is 0.222 e. The number of aromatic nitrogens is 1. The Morgan fingerprint density at radius 3 is 2.56 bits per heavy atom. The van der Waals surface area contributed by atoms with Gasteiger partial charge in [-0.1, -0.05) is 36.4 Å². The number of aryl methyl sites for hydroxylation is 2. The van der Waals surface area contributed by atoms with Crippen molar-refractivity contribution in [3.8, 4) is 0 Å². The van der Waals surface area contributed by atoms with E-state index in [0.29, 0.717) is 19.5 Å². The number of anilines is 1. The number of nitrogens with one attached hydrogen (secondary N) is 1. The fourth-order valence-corrected chi connectivity index (χ4v) is 4.82. The van der Waals surface area contributed by atoms with E-state index in [2.05, 4.69) is 22.3 Å². The summed E-state index contributed by atoms with van der Waals surface area (Å²) in [4.78, 5) is 33.9. The van der Waals surface area contributed by atoms with Gasteiger partial charge in [0, 0.05) is 44.8 Å². The Labute approximate surface area is 191 Å². The quantitative estimate of drug-likeness (QED) is 0.643. The molecule has 1 N–H and O–H groups in total. The van der Waals surface area contributed by atoms with Gasteiger partial charge in [0.25, 0.3) is 0 Å². The number of ketones is 1. The number of hydrogen-bond donors (Lipinski definition) is 1. The van der Waals surface area contributed by atoms with Crippen molar-refractivity contribution in [1.82, 2.24) is 14.8 Å². The third-order valence-corrected chi connectivity index (χ3v) is 6.56. The molecule has 3 heterocycles. The zero-order chi connectivity index (χ0) is 22.3. The van der Waals surface area contributed by atoms with E-state index < -0.39 is 0 Å². The second-order valence-corrected chi connectivity index (χ2v) is 8.89. The minimum Gasteiger partial charge on any atom is -0.370 e. The number of carbonyl (C=O) groups excluding carboxylic acids is 2. The third kappa shape index (κ3) is 5.54. The zero-order valence-electron chi connectivity index (χ0n) is 19.1. The van der Waals surface area contributed by atoms with Gasteiger partial charge in [-0.15, -0.1) is 0 Å². The lowest BCUT2D eigenvalue weighted by molar-refractivity contribution is -0.134. The highest BCUT2D eigenvalue weighted by Crippen LogP contribution is 2.24. The largest absolute Gasteiger partial charge is 0.370 e. The van der Waals surface area contributed by atoms with Crippen LogP contribution in [0, 0.1) is 0 Å². The minimum absolute atomic E-state index is 0.155. The Balaban J connectivity index is 1.20. The monoisotopic (exact) mass is 434 g/mol. The number of amides is 1. The number of rotatable bonds is 8. The first-order chi connectivity index (χ1) is 15.6. The summed E-state index contributed by atoms with van der Waals surface area (Å²) in [7, 11) is 0. The molecule has 6 heteroatoms. The van der Waals surface area contributed by atoms with Crippen molar-refractivity contribution in [2.45, 2.75) is 51.5 Å². The molecule has 0 aliphatic carbocycles. The highest BCUT2D eigenvalue weighted by atomic mass is 16.2. The van der Waals surface area contributed by atoms with E-state index in [-0.39, 0.29) is 17.7 Å². The predicted molar refractivity (Wildman–Crippen MR) is 127 cm³/mol. The van der Waals surface area contributed by atoms with Crippen LogP contribution in [0.2, 0.25) is 0 Å². The van der Waals surface area contributed by atoms with Gasteiger partial charge in [-0.3, -0.25) is 14.5 Å². The van der Waals surface area contributed by atoms with Crippen LogP contribution in [0.1, 0.15) is 55.5 Å². The van der Waals surface area contributed by atoms with E-state index in [9.17, 15) is 9.59 Å². The fraction of sp³-hybridized carbons (Fsp3) is 0.500. The summed E-state index contributed by atoms with van der Waals surface area (Å²) in [6, 6.07) is 14.0. The summed E-state index contributed by atoms with van der Waals surface area (Å²) >= 11 is 0. The van der Waals surface area contributed by atoms with Gasteiger partial charge in [0.15, 0.2) is 5.78 Å².